The second-order valence-corrected chi connectivity index (χ2v) is 6.51. The lowest BCUT2D eigenvalue weighted by Crippen LogP contribution is -2.40. The van der Waals surface area contributed by atoms with Crippen molar-refractivity contribution in [2.45, 2.75) is 65.0 Å². The van der Waals surface area contributed by atoms with Gasteiger partial charge in [0.25, 0.3) is 0 Å². The van der Waals surface area contributed by atoms with Gasteiger partial charge in [0, 0.05) is 18.5 Å². The highest BCUT2D eigenvalue weighted by molar-refractivity contribution is 9.10. The van der Waals surface area contributed by atoms with Crippen LogP contribution in [0.5, 0.6) is 0 Å². The van der Waals surface area contributed by atoms with Crippen LogP contribution in [0.25, 0.3) is 0 Å². The molecule has 2 atom stereocenters. The third-order valence-corrected chi connectivity index (χ3v) is 5.33. The first-order chi connectivity index (χ1) is 8.49. The maximum Gasteiger partial charge on any atom is 0.0738 e. The molecule has 0 amide bonds. The highest BCUT2D eigenvalue weighted by Gasteiger charge is 2.36. The van der Waals surface area contributed by atoms with Crippen molar-refractivity contribution in [2.75, 3.05) is 0 Å². The summed E-state index contributed by atoms with van der Waals surface area (Å²) in [5, 5.41) is 4.56. The summed E-state index contributed by atoms with van der Waals surface area (Å²) in [6.45, 7) is 7.36. The van der Waals surface area contributed by atoms with Gasteiger partial charge in [0.05, 0.1) is 15.9 Å². The molecule has 1 fully saturated rings. The van der Waals surface area contributed by atoms with Crippen LogP contribution in [0.3, 0.4) is 0 Å². The molecule has 0 spiro atoms. The lowest BCUT2D eigenvalue weighted by atomic mass is 9.91. The number of nitrogens with zero attached hydrogens (tertiary/aromatic N) is 2. The first-order valence-corrected chi connectivity index (χ1v) is 7.79. The number of halogens is 1. The summed E-state index contributed by atoms with van der Waals surface area (Å²) >= 11 is 3.67. The summed E-state index contributed by atoms with van der Waals surface area (Å²) in [6.07, 6.45) is 5.78. The van der Waals surface area contributed by atoms with Crippen LogP contribution in [-0.2, 0) is 13.0 Å². The van der Waals surface area contributed by atoms with E-state index >= 15 is 0 Å². The third-order valence-electron chi connectivity index (χ3n) is 4.30. The Kier molecular flexibility index (Phi) is 4.17. The fraction of sp³-hybridized carbons (Fsp3) is 0.786. The molecular weight excluding hydrogens is 290 g/mol. The fourth-order valence-electron chi connectivity index (χ4n) is 3.15. The summed E-state index contributed by atoms with van der Waals surface area (Å²) in [6, 6.07) is 0. The zero-order valence-corrected chi connectivity index (χ0v) is 13.3. The van der Waals surface area contributed by atoms with Gasteiger partial charge in [-0.2, -0.15) is 5.10 Å². The van der Waals surface area contributed by atoms with Gasteiger partial charge < -0.3 is 5.73 Å². The number of aryl methyl sites for hydroxylation is 2. The highest BCUT2D eigenvalue weighted by atomic mass is 79.9. The van der Waals surface area contributed by atoms with Gasteiger partial charge in [-0.3, -0.25) is 4.68 Å². The van der Waals surface area contributed by atoms with Gasteiger partial charge in [-0.25, -0.2) is 0 Å². The van der Waals surface area contributed by atoms with Gasteiger partial charge in [0.2, 0.25) is 0 Å². The van der Waals surface area contributed by atoms with Crippen molar-refractivity contribution >= 4 is 15.9 Å². The largest absolute Gasteiger partial charge is 0.325 e. The molecule has 1 aromatic heterocycles. The SMILES string of the molecule is CCC1CCC(N)(Cc2c(Br)c(C)nn2CC)C1. The van der Waals surface area contributed by atoms with Crippen molar-refractivity contribution in [1.29, 1.82) is 0 Å². The minimum absolute atomic E-state index is 0.0252. The Bertz CT molecular complexity index is 427. The van der Waals surface area contributed by atoms with Crippen LogP contribution in [0, 0.1) is 12.8 Å². The van der Waals surface area contributed by atoms with E-state index < -0.39 is 0 Å². The lowest BCUT2D eigenvalue weighted by molar-refractivity contribution is 0.393. The zero-order chi connectivity index (χ0) is 13.3. The summed E-state index contributed by atoms with van der Waals surface area (Å²) in [4.78, 5) is 0. The van der Waals surface area contributed by atoms with Crippen LogP contribution in [0.15, 0.2) is 4.47 Å². The van der Waals surface area contributed by atoms with Crippen molar-refractivity contribution in [3.8, 4) is 0 Å². The van der Waals surface area contributed by atoms with E-state index in [-0.39, 0.29) is 5.54 Å². The Morgan fingerprint density at radius 2 is 2.22 bits per heavy atom. The molecule has 1 aliphatic carbocycles. The van der Waals surface area contributed by atoms with Gasteiger partial charge in [0.1, 0.15) is 0 Å². The molecule has 0 aliphatic heterocycles. The molecule has 2 N–H and O–H groups in total. The standard InChI is InChI=1S/C14H24BrN3/c1-4-11-6-7-14(16,8-11)9-12-13(15)10(3)17-18(12)5-2/h11H,4-9,16H2,1-3H3. The molecule has 4 heteroatoms. The van der Waals surface area contributed by atoms with Gasteiger partial charge in [0.15, 0.2) is 0 Å². The van der Waals surface area contributed by atoms with Crippen LogP contribution in [-0.4, -0.2) is 15.3 Å². The Hall–Kier alpha value is -0.350. The van der Waals surface area contributed by atoms with Crippen molar-refractivity contribution in [3.05, 3.63) is 15.9 Å². The number of rotatable bonds is 4. The second kappa shape index (κ2) is 5.33. The average Bonchev–Trinajstić information content (AvgIpc) is 2.85. The van der Waals surface area contributed by atoms with E-state index in [1.807, 2.05) is 6.92 Å². The van der Waals surface area contributed by atoms with Crippen molar-refractivity contribution in [1.82, 2.24) is 9.78 Å². The predicted molar refractivity (Wildman–Crippen MR) is 78.6 cm³/mol. The summed E-state index contributed by atoms with van der Waals surface area (Å²) < 4.78 is 3.24. The van der Waals surface area contributed by atoms with Crippen LogP contribution < -0.4 is 5.73 Å². The average molecular weight is 314 g/mol. The Morgan fingerprint density at radius 1 is 1.50 bits per heavy atom. The normalized spacial score (nSPS) is 27.9. The minimum Gasteiger partial charge on any atom is -0.325 e. The Morgan fingerprint density at radius 3 is 2.78 bits per heavy atom. The van der Waals surface area contributed by atoms with E-state index in [1.165, 1.54) is 18.5 Å². The quantitative estimate of drug-likeness (QED) is 0.925. The molecule has 0 radical (unpaired) electrons. The van der Waals surface area contributed by atoms with Crippen LogP contribution in [0.4, 0.5) is 0 Å². The molecule has 0 aromatic carbocycles. The maximum absolute atomic E-state index is 6.60. The van der Waals surface area contributed by atoms with E-state index in [9.17, 15) is 0 Å². The smallest absolute Gasteiger partial charge is 0.0738 e. The minimum atomic E-state index is -0.0252. The Labute approximate surface area is 118 Å². The van der Waals surface area contributed by atoms with Crippen molar-refractivity contribution < 1.29 is 0 Å². The lowest BCUT2D eigenvalue weighted by Gasteiger charge is -2.25. The van der Waals surface area contributed by atoms with Gasteiger partial charge >= 0.3 is 0 Å². The van der Waals surface area contributed by atoms with Crippen molar-refractivity contribution in [3.63, 3.8) is 0 Å². The number of hydrogen-bond donors (Lipinski definition) is 1. The Balaban J connectivity index is 2.19. The molecule has 2 unspecified atom stereocenters. The second-order valence-electron chi connectivity index (χ2n) is 5.72. The van der Waals surface area contributed by atoms with Crippen LogP contribution >= 0.6 is 15.9 Å². The molecule has 0 saturated heterocycles. The number of aromatic nitrogens is 2. The number of hydrogen-bond acceptors (Lipinski definition) is 2. The molecule has 3 nitrogen and oxygen atoms in total. The molecule has 0 bridgehead atoms. The summed E-state index contributed by atoms with van der Waals surface area (Å²) in [5.74, 6) is 0.813. The molecule has 1 aromatic rings. The molecule has 1 aliphatic rings. The van der Waals surface area contributed by atoms with Gasteiger partial charge in [-0.05, 0) is 55.0 Å². The van der Waals surface area contributed by atoms with Crippen LogP contribution in [0.1, 0.15) is 50.9 Å². The highest BCUT2D eigenvalue weighted by Crippen LogP contribution is 2.38. The van der Waals surface area contributed by atoms with Gasteiger partial charge in [-0.1, -0.05) is 13.3 Å². The first kappa shape index (κ1) is 14.1. The molecule has 2 rings (SSSR count). The van der Waals surface area contributed by atoms with Crippen LogP contribution in [0.2, 0.25) is 0 Å². The van der Waals surface area contributed by atoms with E-state index in [4.69, 9.17) is 5.73 Å². The molecule has 102 valence electrons. The van der Waals surface area contributed by atoms with E-state index in [2.05, 4.69) is 39.6 Å². The van der Waals surface area contributed by atoms with Crippen molar-refractivity contribution in [2.24, 2.45) is 11.7 Å². The topological polar surface area (TPSA) is 43.8 Å². The predicted octanol–water partition coefficient (Wildman–Crippen LogP) is 3.42. The first-order valence-electron chi connectivity index (χ1n) is 6.99. The van der Waals surface area contributed by atoms with Gasteiger partial charge in [-0.15, -0.1) is 0 Å². The zero-order valence-electron chi connectivity index (χ0n) is 11.7. The van der Waals surface area contributed by atoms with E-state index in [1.54, 1.807) is 0 Å². The third kappa shape index (κ3) is 2.64. The molecular formula is C14H24BrN3. The summed E-state index contributed by atoms with van der Waals surface area (Å²) in [7, 11) is 0. The molecule has 1 heterocycles. The molecule has 18 heavy (non-hydrogen) atoms. The monoisotopic (exact) mass is 313 g/mol. The number of nitrogens with two attached hydrogens (primary N) is 1. The molecule has 1 saturated carbocycles. The summed E-state index contributed by atoms with van der Waals surface area (Å²) in [5.41, 5.74) is 8.91. The maximum atomic E-state index is 6.60. The fourth-order valence-corrected chi connectivity index (χ4v) is 3.58. The van der Waals surface area contributed by atoms with E-state index in [0.29, 0.717) is 0 Å². The van der Waals surface area contributed by atoms with E-state index in [0.717, 1.165) is 41.9 Å².